The maximum atomic E-state index is 13.6. The van der Waals surface area contributed by atoms with Gasteiger partial charge in [-0.2, -0.15) is 0 Å². The minimum absolute atomic E-state index is 0.338. The van der Waals surface area contributed by atoms with Gasteiger partial charge < -0.3 is 11.1 Å². The largest absolute Gasteiger partial charge is 0.397 e. The van der Waals surface area contributed by atoms with Crippen LogP contribution in [-0.2, 0) is 0 Å². The highest BCUT2D eigenvalue weighted by Gasteiger charge is 2.17. The van der Waals surface area contributed by atoms with E-state index < -0.39 is 0 Å². The first kappa shape index (κ1) is 10.1. The van der Waals surface area contributed by atoms with Gasteiger partial charge in [0, 0.05) is 18.2 Å². The lowest BCUT2D eigenvalue weighted by molar-refractivity contribution is 0.572. The number of nitrogens with two attached hydrogens (primary N) is 1. The number of anilines is 1. The Kier molecular flexibility index (Phi) is 2.68. The number of nitrogens with zero attached hydrogens (tertiary/aromatic N) is 1. The fraction of sp³-hybridized carbons (Fsp3) is 0.364. The molecule has 4 heteroatoms. The summed E-state index contributed by atoms with van der Waals surface area (Å²) in [4.78, 5) is 3.72. The van der Waals surface area contributed by atoms with Crippen molar-refractivity contribution >= 4 is 11.3 Å². The van der Waals surface area contributed by atoms with E-state index in [0.717, 1.165) is 18.5 Å². The summed E-state index contributed by atoms with van der Waals surface area (Å²) in [6, 6.07) is 0.358. The summed E-state index contributed by atoms with van der Waals surface area (Å²) in [7, 11) is 0. The summed E-state index contributed by atoms with van der Waals surface area (Å²) in [5, 5.41) is 3.27. The van der Waals surface area contributed by atoms with Crippen LogP contribution < -0.4 is 11.1 Å². The van der Waals surface area contributed by atoms with Crippen molar-refractivity contribution in [1.29, 1.82) is 0 Å². The number of rotatable bonds is 1. The van der Waals surface area contributed by atoms with Gasteiger partial charge in [0.1, 0.15) is 0 Å². The summed E-state index contributed by atoms with van der Waals surface area (Å²) in [5.41, 5.74) is 7.63. The molecule has 1 unspecified atom stereocenters. The molecule has 1 aliphatic rings. The van der Waals surface area contributed by atoms with E-state index in [-0.39, 0.29) is 5.82 Å². The van der Waals surface area contributed by atoms with Crippen LogP contribution in [0.15, 0.2) is 18.5 Å². The van der Waals surface area contributed by atoms with Gasteiger partial charge >= 0.3 is 0 Å². The Bertz CT molecular complexity index is 381. The van der Waals surface area contributed by atoms with Crippen molar-refractivity contribution in [2.24, 2.45) is 0 Å². The zero-order valence-corrected chi connectivity index (χ0v) is 8.63. The second kappa shape index (κ2) is 3.98. The number of hydrogen-bond acceptors (Lipinski definition) is 3. The number of pyridine rings is 1. The number of halogens is 1. The highest BCUT2D eigenvalue weighted by atomic mass is 19.1. The fourth-order valence-corrected chi connectivity index (χ4v) is 1.86. The van der Waals surface area contributed by atoms with Crippen LogP contribution in [0, 0.1) is 5.82 Å². The summed E-state index contributed by atoms with van der Waals surface area (Å²) in [5.74, 6) is -0.338. The highest BCUT2D eigenvalue weighted by molar-refractivity contribution is 5.75. The van der Waals surface area contributed by atoms with Crippen LogP contribution in [0.25, 0.3) is 5.57 Å². The molecule has 1 aliphatic heterocycles. The van der Waals surface area contributed by atoms with Crippen LogP contribution in [-0.4, -0.2) is 17.6 Å². The SMILES string of the molecule is CC1CC(c2c(N)cncc2F)=CCN1. The molecule has 0 bridgehead atoms. The molecule has 0 amide bonds. The molecule has 0 aliphatic carbocycles. The Morgan fingerprint density at radius 1 is 1.53 bits per heavy atom. The Balaban J connectivity index is 2.41. The van der Waals surface area contributed by atoms with E-state index in [1.807, 2.05) is 6.08 Å². The summed E-state index contributed by atoms with van der Waals surface area (Å²) in [6.45, 7) is 2.83. The van der Waals surface area contributed by atoms with Crippen LogP contribution in [0.3, 0.4) is 0 Å². The zero-order valence-electron chi connectivity index (χ0n) is 8.63. The van der Waals surface area contributed by atoms with Crippen molar-refractivity contribution in [1.82, 2.24) is 10.3 Å². The van der Waals surface area contributed by atoms with Crippen molar-refractivity contribution in [3.8, 4) is 0 Å². The molecule has 0 fully saturated rings. The molecule has 0 saturated heterocycles. The smallest absolute Gasteiger partial charge is 0.151 e. The third-order valence-corrected chi connectivity index (χ3v) is 2.59. The first-order valence-electron chi connectivity index (χ1n) is 5.00. The molecule has 80 valence electrons. The van der Waals surface area contributed by atoms with E-state index >= 15 is 0 Å². The molecule has 3 N–H and O–H groups in total. The van der Waals surface area contributed by atoms with Gasteiger partial charge in [0.25, 0.3) is 0 Å². The minimum Gasteiger partial charge on any atom is -0.397 e. The topological polar surface area (TPSA) is 50.9 Å². The molecule has 3 nitrogen and oxygen atoms in total. The van der Waals surface area contributed by atoms with Gasteiger partial charge in [0.2, 0.25) is 0 Å². The summed E-state index contributed by atoms with van der Waals surface area (Å²) < 4.78 is 13.6. The van der Waals surface area contributed by atoms with Crippen LogP contribution in [0.1, 0.15) is 18.9 Å². The minimum atomic E-state index is -0.338. The number of aromatic nitrogens is 1. The maximum Gasteiger partial charge on any atom is 0.151 e. The fourth-order valence-electron chi connectivity index (χ4n) is 1.86. The standard InChI is InChI=1S/C11H14FN3/c1-7-4-8(2-3-15-7)11-9(12)5-14-6-10(11)13/h2,5-7,15H,3-4,13H2,1H3. The first-order chi connectivity index (χ1) is 7.18. The third-order valence-electron chi connectivity index (χ3n) is 2.59. The van der Waals surface area contributed by atoms with Crippen molar-refractivity contribution in [3.05, 3.63) is 29.9 Å². The Labute approximate surface area is 88.2 Å². The number of nitrogen functional groups attached to an aromatic ring is 1. The quantitative estimate of drug-likeness (QED) is 0.735. The highest BCUT2D eigenvalue weighted by Crippen LogP contribution is 2.28. The van der Waals surface area contributed by atoms with Crippen molar-refractivity contribution < 1.29 is 4.39 Å². The Hall–Kier alpha value is -1.42. The van der Waals surface area contributed by atoms with Gasteiger partial charge in [-0.15, -0.1) is 0 Å². The second-order valence-electron chi connectivity index (χ2n) is 3.83. The maximum absolute atomic E-state index is 13.6. The van der Waals surface area contributed by atoms with Gasteiger partial charge in [-0.3, -0.25) is 4.98 Å². The van der Waals surface area contributed by atoms with E-state index in [1.165, 1.54) is 12.4 Å². The van der Waals surface area contributed by atoms with Gasteiger partial charge in [0.15, 0.2) is 5.82 Å². The molecule has 2 rings (SSSR count). The molecule has 2 heterocycles. The molecule has 0 aromatic carbocycles. The van der Waals surface area contributed by atoms with Gasteiger partial charge in [-0.05, 0) is 18.9 Å². The van der Waals surface area contributed by atoms with E-state index in [2.05, 4.69) is 17.2 Å². The zero-order chi connectivity index (χ0) is 10.8. The molecular weight excluding hydrogens is 193 g/mol. The molecular formula is C11H14FN3. The van der Waals surface area contributed by atoms with Gasteiger partial charge in [0.05, 0.1) is 18.1 Å². The average Bonchev–Trinajstić information content (AvgIpc) is 2.17. The van der Waals surface area contributed by atoms with Gasteiger partial charge in [-0.25, -0.2) is 4.39 Å². The first-order valence-corrected chi connectivity index (χ1v) is 5.00. The second-order valence-corrected chi connectivity index (χ2v) is 3.83. The molecule has 1 aromatic rings. The molecule has 1 atom stereocenters. The monoisotopic (exact) mass is 207 g/mol. The Morgan fingerprint density at radius 3 is 3.00 bits per heavy atom. The van der Waals surface area contributed by atoms with Crippen molar-refractivity contribution in [2.45, 2.75) is 19.4 Å². The van der Waals surface area contributed by atoms with Crippen molar-refractivity contribution in [3.63, 3.8) is 0 Å². The molecule has 1 aromatic heterocycles. The predicted octanol–water partition coefficient (Wildman–Crippen LogP) is 1.57. The average molecular weight is 207 g/mol. The normalized spacial score (nSPS) is 21.2. The third kappa shape index (κ3) is 1.99. The van der Waals surface area contributed by atoms with E-state index in [0.29, 0.717) is 17.3 Å². The summed E-state index contributed by atoms with van der Waals surface area (Å²) in [6.07, 6.45) is 5.48. The lowest BCUT2D eigenvalue weighted by atomic mass is 9.95. The van der Waals surface area contributed by atoms with Crippen LogP contribution in [0.4, 0.5) is 10.1 Å². The number of nitrogens with one attached hydrogen (secondary N) is 1. The molecule has 15 heavy (non-hydrogen) atoms. The predicted molar refractivity (Wildman–Crippen MR) is 58.7 cm³/mol. The van der Waals surface area contributed by atoms with Gasteiger partial charge in [-0.1, -0.05) is 6.08 Å². The van der Waals surface area contributed by atoms with Crippen LogP contribution in [0.5, 0.6) is 0 Å². The number of hydrogen-bond donors (Lipinski definition) is 2. The molecule has 0 saturated carbocycles. The van der Waals surface area contributed by atoms with Crippen LogP contribution in [0.2, 0.25) is 0 Å². The lowest BCUT2D eigenvalue weighted by Crippen LogP contribution is -2.30. The molecule has 0 spiro atoms. The Morgan fingerprint density at radius 2 is 2.33 bits per heavy atom. The van der Waals surface area contributed by atoms with Crippen molar-refractivity contribution in [2.75, 3.05) is 12.3 Å². The van der Waals surface area contributed by atoms with E-state index in [9.17, 15) is 4.39 Å². The van der Waals surface area contributed by atoms with Crippen LogP contribution >= 0.6 is 0 Å². The molecule has 0 radical (unpaired) electrons. The lowest BCUT2D eigenvalue weighted by Gasteiger charge is -2.21. The van der Waals surface area contributed by atoms with E-state index in [1.54, 1.807) is 0 Å². The van der Waals surface area contributed by atoms with E-state index in [4.69, 9.17) is 5.73 Å². The summed E-state index contributed by atoms with van der Waals surface area (Å²) >= 11 is 0.